The Morgan fingerprint density at radius 3 is 2.33 bits per heavy atom. The van der Waals surface area contributed by atoms with E-state index < -0.39 is 18.1 Å². The topological polar surface area (TPSA) is 29.1 Å². The zero-order chi connectivity index (χ0) is 11.9. The van der Waals surface area contributed by atoms with Crippen molar-refractivity contribution in [3.05, 3.63) is 0 Å². The van der Waals surface area contributed by atoms with Crippen molar-refractivity contribution in [1.29, 1.82) is 0 Å². The molecule has 5 heteroatoms. The fraction of sp³-hybridized carbons (Fsp3) is 0.900. The molecule has 1 amide bonds. The maximum atomic E-state index is 11.8. The zero-order valence-corrected chi connectivity index (χ0v) is 9.16. The number of hydrogen-bond donors (Lipinski definition) is 1. The van der Waals surface area contributed by atoms with Crippen LogP contribution >= 0.6 is 0 Å². The summed E-state index contributed by atoms with van der Waals surface area (Å²) in [5.41, 5.74) is 0. The van der Waals surface area contributed by atoms with Gasteiger partial charge in [0.1, 0.15) is 0 Å². The number of nitrogens with one attached hydrogen (secondary N) is 1. The van der Waals surface area contributed by atoms with E-state index in [9.17, 15) is 18.0 Å². The molecule has 0 radical (unpaired) electrons. The number of unbranched alkanes of at least 4 members (excludes halogenated alkanes) is 3. The minimum atomic E-state index is -4.77. The average Bonchev–Trinajstić information content (AvgIpc) is 2.11. The van der Waals surface area contributed by atoms with Crippen LogP contribution in [0.1, 0.15) is 46.0 Å². The lowest BCUT2D eigenvalue weighted by molar-refractivity contribution is -0.174. The predicted octanol–water partition coefficient (Wildman–Crippen LogP) is 3.02. The quantitative estimate of drug-likeness (QED) is 0.692. The van der Waals surface area contributed by atoms with Crippen LogP contribution in [0.3, 0.4) is 0 Å². The fourth-order valence-corrected chi connectivity index (χ4v) is 1.26. The minimum absolute atomic E-state index is 0.406. The molecule has 0 aliphatic carbocycles. The SMILES string of the molecule is CCCCCCC(C)NC(=O)C(F)(F)F. The normalized spacial score (nSPS) is 13.7. The van der Waals surface area contributed by atoms with Gasteiger partial charge in [0, 0.05) is 6.04 Å². The number of carbonyl (C=O) groups is 1. The van der Waals surface area contributed by atoms with Gasteiger partial charge in [-0.2, -0.15) is 13.2 Å². The summed E-state index contributed by atoms with van der Waals surface area (Å²) in [4.78, 5) is 10.5. The molecular formula is C10H18F3NO. The van der Waals surface area contributed by atoms with Gasteiger partial charge in [-0.05, 0) is 13.3 Å². The van der Waals surface area contributed by atoms with Crippen LogP contribution < -0.4 is 5.32 Å². The molecule has 0 rings (SSSR count). The summed E-state index contributed by atoms with van der Waals surface area (Å²) in [6, 6.07) is -0.406. The molecule has 0 saturated heterocycles. The summed E-state index contributed by atoms with van der Waals surface area (Å²) in [6.45, 7) is 3.66. The van der Waals surface area contributed by atoms with Crippen LogP contribution in [0.5, 0.6) is 0 Å². The lowest BCUT2D eigenvalue weighted by atomic mass is 10.1. The Bertz CT molecular complexity index is 192. The van der Waals surface area contributed by atoms with E-state index in [1.165, 1.54) is 0 Å². The Balaban J connectivity index is 3.65. The average molecular weight is 225 g/mol. The minimum Gasteiger partial charge on any atom is -0.346 e. The summed E-state index contributed by atoms with van der Waals surface area (Å²) in [6.07, 6.45) is -0.140. The second kappa shape index (κ2) is 6.69. The third-order valence-electron chi connectivity index (χ3n) is 2.13. The second-order valence-electron chi connectivity index (χ2n) is 3.72. The molecule has 2 nitrogen and oxygen atoms in total. The van der Waals surface area contributed by atoms with E-state index in [-0.39, 0.29) is 0 Å². The van der Waals surface area contributed by atoms with E-state index in [1.807, 2.05) is 5.32 Å². The van der Waals surface area contributed by atoms with E-state index in [1.54, 1.807) is 6.92 Å². The van der Waals surface area contributed by atoms with Crippen molar-refractivity contribution in [1.82, 2.24) is 5.32 Å². The van der Waals surface area contributed by atoms with Gasteiger partial charge in [0.2, 0.25) is 0 Å². The molecule has 90 valence electrons. The maximum Gasteiger partial charge on any atom is 0.471 e. The van der Waals surface area contributed by atoms with Gasteiger partial charge in [-0.3, -0.25) is 4.79 Å². The summed E-state index contributed by atoms with van der Waals surface area (Å²) in [7, 11) is 0. The van der Waals surface area contributed by atoms with Crippen LogP contribution in [0.25, 0.3) is 0 Å². The number of halogens is 3. The number of alkyl halides is 3. The van der Waals surface area contributed by atoms with Crippen molar-refractivity contribution in [2.45, 2.75) is 58.2 Å². The van der Waals surface area contributed by atoms with E-state index in [2.05, 4.69) is 6.92 Å². The highest BCUT2D eigenvalue weighted by Crippen LogP contribution is 2.15. The van der Waals surface area contributed by atoms with Crippen molar-refractivity contribution in [3.63, 3.8) is 0 Å². The first kappa shape index (κ1) is 14.3. The van der Waals surface area contributed by atoms with Gasteiger partial charge in [0.05, 0.1) is 0 Å². The standard InChI is InChI=1S/C10H18F3NO/c1-3-4-5-6-7-8(2)14-9(15)10(11,12)13/h8H,3-7H2,1-2H3,(H,14,15). The number of hydrogen-bond acceptors (Lipinski definition) is 1. The molecule has 0 aliphatic rings. The van der Waals surface area contributed by atoms with Gasteiger partial charge in [-0.1, -0.05) is 32.6 Å². The molecule has 0 heterocycles. The Hall–Kier alpha value is -0.740. The van der Waals surface area contributed by atoms with Gasteiger partial charge >= 0.3 is 12.1 Å². The first-order valence-corrected chi connectivity index (χ1v) is 5.25. The smallest absolute Gasteiger partial charge is 0.346 e. The third-order valence-corrected chi connectivity index (χ3v) is 2.13. The molecular weight excluding hydrogens is 207 g/mol. The largest absolute Gasteiger partial charge is 0.471 e. The van der Waals surface area contributed by atoms with Gasteiger partial charge in [0.25, 0.3) is 0 Å². The van der Waals surface area contributed by atoms with Crippen molar-refractivity contribution in [3.8, 4) is 0 Å². The molecule has 1 N–H and O–H groups in total. The molecule has 0 bridgehead atoms. The molecule has 0 aromatic heterocycles. The predicted molar refractivity (Wildman–Crippen MR) is 52.4 cm³/mol. The Morgan fingerprint density at radius 2 is 1.87 bits per heavy atom. The number of amides is 1. The van der Waals surface area contributed by atoms with Crippen LogP contribution in [-0.4, -0.2) is 18.1 Å². The van der Waals surface area contributed by atoms with E-state index in [0.29, 0.717) is 6.42 Å². The Labute approximate surface area is 88.2 Å². The molecule has 1 unspecified atom stereocenters. The highest BCUT2D eigenvalue weighted by Gasteiger charge is 2.38. The molecule has 15 heavy (non-hydrogen) atoms. The van der Waals surface area contributed by atoms with Crippen molar-refractivity contribution >= 4 is 5.91 Å². The van der Waals surface area contributed by atoms with Crippen molar-refractivity contribution in [2.75, 3.05) is 0 Å². The van der Waals surface area contributed by atoms with Gasteiger partial charge < -0.3 is 5.32 Å². The lowest BCUT2D eigenvalue weighted by Gasteiger charge is -2.14. The van der Waals surface area contributed by atoms with E-state index in [0.717, 1.165) is 25.7 Å². The molecule has 0 spiro atoms. The van der Waals surface area contributed by atoms with E-state index in [4.69, 9.17) is 0 Å². The summed E-state index contributed by atoms with van der Waals surface area (Å²) in [5, 5.41) is 1.93. The van der Waals surface area contributed by atoms with Crippen LogP contribution in [0.2, 0.25) is 0 Å². The highest BCUT2D eigenvalue weighted by molar-refractivity contribution is 5.81. The maximum absolute atomic E-state index is 11.8. The molecule has 0 saturated carbocycles. The molecule has 0 aromatic rings. The Kier molecular flexibility index (Phi) is 6.36. The van der Waals surface area contributed by atoms with Gasteiger partial charge in [0.15, 0.2) is 0 Å². The van der Waals surface area contributed by atoms with Crippen molar-refractivity contribution < 1.29 is 18.0 Å². The summed E-state index contributed by atoms with van der Waals surface area (Å²) in [5.74, 6) is -1.84. The second-order valence-corrected chi connectivity index (χ2v) is 3.72. The Morgan fingerprint density at radius 1 is 1.27 bits per heavy atom. The van der Waals surface area contributed by atoms with Crippen LogP contribution in [-0.2, 0) is 4.79 Å². The van der Waals surface area contributed by atoms with Crippen LogP contribution in [0, 0.1) is 0 Å². The molecule has 0 aromatic carbocycles. The highest BCUT2D eigenvalue weighted by atomic mass is 19.4. The summed E-state index contributed by atoms with van der Waals surface area (Å²) >= 11 is 0. The van der Waals surface area contributed by atoms with E-state index >= 15 is 0 Å². The van der Waals surface area contributed by atoms with Crippen molar-refractivity contribution in [2.24, 2.45) is 0 Å². The van der Waals surface area contributed by atoms with Gasteiger partial charge in [-0.25, -0.2) is 0 Å². The number of rotatable bonds is 6. The molecule has 0 aliphatic heterocycles. The van der Waals surface area contributed by atoms with Crippen LogP contribution in [0.4, 0.5) is 13.2 Å². The zero-order valence-electron chi connectivity index (χ0n) is 9.16. The van der Waals surface area contributed by atoms with Gasteiger partial charge in [-0.15, -0.1) is 0 Å². The monoisotopic (exact) mass is 225 g/mol. The molecule has 1 atom stereocenters. The first-order chi connectivity index (χ1) is 6.88. The summed E-state index contributed by atoms with van der Waals surface area (Å²) < 4.78 is 35.5. The number of carbonyl (C=O) groups excluding carboxylic acids is 1. The third kappa shape index (κ3) is 7.22. The molecule has 0 fully saturated rings. The lowest BCUT2D eigenvalue weighted by Crippen LogP contribution is -2.41. The fourth-order valence-electron chi connectivity index (χ4n) is 1.26. The first-order valence-electron chi connectivity index (χ1n) is 5.25. The van der Waals surface area contributed by atoms with Crippen LogP contribution in [0.15, 0.2) is 0 Å².